The van der Waals surface area contributed by atoms with Crippen molar-refractivity contribution in [1.82, 2.24) is 14.7 Å². The molecule has 0 spiro atoms. The van der Waals surface area contributed by atoms with E-state index in [2.05, 4.69) is 10.00 Å². The number of para-hydroxylation sites is 2. The first-order valence-corrected chi connectivity index (χ1v) is 9.56. The highest BCUT2D eigenvalue weighted by Crippen LogP contribution is 2.28. The minimum Gasteiger partial charge on any atom is -0.495 e. The number of methoxy groups -OCH3 is 1. The molecule has 1 aliphatic rings. The highest BCUT2D eigenvalue weighted by molar-refractivity contribution is 5.93. The fraction of sp³-hybridized carbons (Fsp3) is 0.273. The largest absolute Gasteiger partial charge is 0.495 e. The van der Waals surface area contributed by atoms with Crippen LogP contribution in [0, 0.1) is 12.7 Å². The van der Waals surface area contributed by atoms with Gasteiger partial charge in [-0.05, 0) is 49.4 Å². The summed E-state index contributed by atoms with van der Waals surface area (Å²) in [6.07, 6.45) is 0. The van der Waals surface area contributed by atoms with E-state index in [0.717, 1.165) is 30.2 Å². The number of rotatable bonds is 4. The van der Waals surface area contributed by atoms with Gasteiger partial charge in [-0.25, -0.2) is 9.07 Å². The Morgan fingerprint density at radius 2 is 1.72 bits per heavy atom. The molecular formula is C22H23FN4O2. The van der Waals surface area contributed by atoms with E-state index in [1.807, 2.05) is 36.1 Å². The van der Waals surface area contributed by atoms with Crippen molar-refractivity contribution in [2.24, 2.45) is 0 Å². The Balaban J connectivity index is 1.51. The molecule has 2 heterocycles. The average Bonchev–Trinajstić information content (AvgIpc) is 3.15. The van der Waals surface area contributed by atoms with Crippen molar-refractivity contribution >= 4 is 11.6 Å². The normalized spacial score (nSPS) is 14.2. The summed E-state index contributed by atoms with van der Waals surface area (Å²) in [6, 6.07) is 15.7. The van der Waals surface area contributed by atoms with Gasteiger partial charge in [-0.2, -0.15) is 5.10 Å². The van der Waals surface area contributed by atoms with Crippen LogP contribution < -0.4 is 9.64 Å². The summed E-state index contributed by atoms with van der Waals surface area (Å²) in [7, 11) is 1.66. The molecule has 0 N–H and O–H groups in total. The quantitative estimate of drug-likeness (QED) is 0.681. The second kappa shape index (κ2) is 7.95. The number of halogens is 1. The predicted molar refractivity (Wildman–Crippen MR) is 109 cm³/mol. The van der Waals surface area contributed by atoms with Crippen molar-refractivity contribution in [1.29, 1.82) is 0 Å². The van der Waals surface area contributed by atoms with E-state index < -0.39 is 0 Å². The standard InChI is InChI=1S/C22H23FN4O2/c1-16-15-20(27(24-16)18-9-7-17(23)8-10-18)22(28)26-13-11-25(12-14-26)19-5-3-4-6-21(19)29-2/h3-10,15H,11-14H2,1-2H3. The van der Waals surface area contributed by atoms with Gasteiger partial charge in [0.1, 0.15) is 17.3 Å². The first-order chi connectivity index (χ1) is 14.1. The Hall–Kier alpha value is -3.35. The monoisotopic (exact) mass is 394 g/mol. The van der Waals surface area contributed by atoms with E-state index >= 15 is 0 Å². The molecule has 1 aromatic heterocycles. The third kappa shape index (κ3) is 3.81. The van der Waals surface area contributed by atoms with Crippen LogP contribution in [0.15, 0.2) is 54.6 Å². The number of hydrogen-bond acceptors (Lipinski definition) is 4. The fourth-order valence-electron chi connectivity index (χ4n) is 3.63. The average molecular weight is 394 g/mol. The molecule has 4 rings (SSSR count). The highest BCUT2D eigenvalue weighted by Gasteiger charge is 2.26. The Morgan fingerprint density at radius 3 is 2.41 bits per heavy atom. The number of benzene rings is 2. The van der Waals surface area contributed by atoms with Gasteiger partial charge in [-0.15, -0.1) is 0 Å². The lowest BCUT2D eigenvalue weighted by molar-refractivity contribution is 0.0737. The van der Waals surface area contributed by atoms with Crippen LogP contribution in [0.25, 0.3) is 5.69 Å². The van der Waals surface area contributed by atoms with Crippen molar-refractivity contribution in [2.45, 2.75) is 6.92 Å². The molecular weight excluding hydrogens is 371 g/mol. The number of piperazine rings is 1. The Labute approximate surface area is 169 Å². The number of aryl methyl sites for hydroxylation is 1. The molecule has 7 heteroatoms. The lowest BCUT2D eigenvalue weighted by Crippen LogP contribution is -2.49. The number of anilines is 1. The zero-order chi connectivity index (χ0) is 20.4. The van der Waals surface area contributed by atoms with Crippen LogP contribution in [-0.2, 0) is 0 Å². The van der Waals surface area contributed by atoms with Gasteiger partial charge in [-0.3, -0.25) is 4.79 Å². The van der Waals surface area contributed by atoms with Crippen LogP contribution in [0.2, 0.25) is 0 Å². The summed E-state index contributed by atoms with van der Waals surface area (Å²) in [6.45, 7) is 4.48. The number of carbonyl (C=O) groups excluding carboxylic acids is 1. The number of hydrogen-bond donors (Lipinski definition) is 0. The van der Waals surface area contributed by atoms with Crippen LogP contribution in [0.1, 0.15) is 16.2 Å². The van der Waals surface area contributed by atoms with Crippen LogP contribution in [0.3, 0.4) is 0 Å². The second-order valence-electron chi connectivity index (χ2n) is 7.01. The molecule has 6 nitrogen and oxygen atoms in total. The topological polar surface area (TPSA) is 50.6 Å². The number of carbonyl (C=O) groups is 1. The number of aromatic nitrogens is 2. The molecule has 0 atom stereocenters. The molecule has 1 aliphatic heterocycles. The van der Waals surface area contributed by atoms with E-state index in [9.17, 15) is 9.18 Å². The zero-order valence-corrected chi connectivity index (χ0v) is 16.5. The zero-order valence-electron chi connectivity index (χ0n) is 16.5. The molecule has 0 bridgehead atoms. The minimum atomic E-state index is -0.321. The lowest BCUT2D eigenvalue weighted by atomic mass is 10.2. The minimum absolute atomic E-state index is 0.0744. The molecule has 2 aromatic carbocycles. The van der Waals surface area contributed by atoms with E-state index in [4.69, 9.17) is 4.74 Å². The van der Waals surface area contributed by atoms with E-state index in [1.54, 1.807) is 30.0 Å². The molecule has 29 heavy (non-hydrogen) atoms. The fourth-order valence-corrected chi connectivity index (χ4v) is 3.63. The van der Waals surface area contributed by atoms with E-state index in [1.165, 1.54) is 12.1 Å². The van der Waals surface area contributed by atoms with Crippen molar-refractivity contribution in [3.05, 3.63) is 71.8 Å². The molecule has 0 radical (unpaired) electrons. The highest BCUT2D eigenvalue weighted by atomic mass is 19.1. The summed E-state index contributed by atoms with van der Waals surface area (Å²) in [4.78, 5) is 17.3. The third-order valence-corrected chi connectivity index (χ3v) is 5.11. The Morgan fingerprint density at radius 1 is 1.03 bits per heavy atom. The summed E-state index contributed by atoms with van der Waals surface area (Å²) >= 11 is 0. The van der Waals surface area contributed by atoms with E-state index in [-0.39, 0.29) is 11.7 Å². The molecule has 0 saturated carbocycles. The molecule has 0 unspecified atom stereocenters. The van der Waals surface area contributed by atoms with Gasteiger partial charge < -0.3 is 14.5 Å². The van der Waals surface area contributed by atoms with Crippen LogP contribution >= 0.6 is 0 Å². The predicted octanol–water partition coefficient (Wildman–Crippen LogP) is 3.29. The maximum absolute atomic E-state index is 13.3. The molecule has 0 aliphatic carbocycles. The molecule has 1 amide bonds. The van der Waals surface area contributed by atoms with Gasteiger partial charge >= 0.3 is 0 Å². The second-order valence-corrected chi connectivity index (χ2v) is 7.01. The first kappa shape index (κ1) is 19.0. The first-order valence-electron chi connectivity index (χ1n) is 9.56. The summed E-state index contributed by atoms with van der Waals surface area (Å²) < 4.78 is 20.3. The third-order valence-electron chi connectivity index (χ3n) is 5.11. The maximum Gasteiger partial charge on any atom is 0.272 e. The summed E-state index contributed by atoms with van der Waals surface area (Å²) in [5, 5.41) is 4.43. The number of ether oxygens (including phenoxy) is 1. The smallest absolute Gasteiger partial charge is 0.272 e. The number of amides is 1. The van der Waals surface area contributed by atoms with Crippen molar-refractivity contribution < 1.29 is 13.9 Å². The van der Waals surface area contributed by atoms with E-state index in [0.29, 0.717) is 24.5 Å². The Bertz CT molecular complexity index is 1010. The van der Waals surface area contributed by atoms with Gasteiger partial charge in [-0.1, -0.05) is 12.1 Å². The molecule has 150 valence electrons. The molecule has 3 aromatic rings. The van der Waals surface area contributed by atoms with Crippen molar-refractivity contribution in [2.75, 3.05) is 38.2 Å². The summed E-state index contributed by atoms with van der Waals surface area (Å²) in [5.41, 5.74) is 2.93. The van der Waals surface area contributed by atoms with Crippen LogP contribution in [0.5, 0.6) is 5.75 Å². The van der Waals surface area contributed by atoms with Crippen LogP contribution in [-0.4, -0.2) is 53.9 Å². The van der Waals surface area contributed by atoms with Gasteiger partial charge in [0.15, 0.2) is 0 Å². The SMILES string of the molecule is COc1ccccc1N1CCN(C(=O)c2cc(C)nn2-c2ccc(F)cc2)CC1. The number of nitrogens with zero attached hydrogens (tertiary/aromatic N) is 4. The molecule has 1 fully saturated rings. The summed E-state index contributed by atoms with van der Waals surface area (Å²) in [5.74, 6) is 0.435. The molecule has 1 saturated heterocycles. The van der Waals surface area contributed by atoms with Crippen molar-refractivity contribution in [3.8, 4) is 11.4 Å². The van der Waals surface area contributed by atoms with Gasteiger partial charge in [0, 0.05) is 26.2 Å². The van der Waals surface area contributed by atoms with Gasteiger partial charge in [0.2, 0.25) is 0 Å². The van der Waals surface area contributed by atoms with Crippen molar-refractivity contribution in [3.63, 3.8) is 0 Å². The lowest BCUT2D eigenvalue weighted by Gasteiger charge is -2.36. The Kier molecular flexibility index (Phi) is 5.20. The van der Waals surface area contributed by atoms with Crippen LogP contribution in [0.4, 0.5) is 10.1 Å². The van der Waals surface area contributed by atoms with Gasteiger partial charge in [0.25, 0.3) is 5.91 Å². The van der Waals surface area contributed by atoms with Gasteiger partial charge in [0.05, 0.1) is 24.2 Å². The maximum atomic E-state index is 13.3.